The van der Waals surface area contributed by atoms with Gasteiger partial charge in [-0.05, 0) is 12.2 Å². The molecule has 1 heterocycles. The highest BCUT2D eigenvalue weighted by atomic mass is 32.1. The van der Waals surface area contributed by atoms with Crippen molar-refractivity contribution in [3.05, 3.63) is 0 Å². The number of hydrogen-bond donors (Lipinski definition) is 1. The molecule has 0 aromatic rings. The molecule has 1 aliphatic rings. The summed E-state index contributed by atoms with van der Waals surface area (Å²) in [5.41, 5.74) is 0. The number of ether oxygens (including phenoxy) is 1. The predicted molar refractivity (Wildman–Crippen MR) is 47.0 cm³/mol. The Hall–Kier alpha value is -0.840. The minimum absolute atomic E-state index is 0.0357. The average molecular weight is 189 g/mol. The lowest BCUT2D eigenvalue weighted by Gasteiger charge is -2.30. The lowest BCUT2D eigenvalue weighted by Crippen LogP contribution is -2.39. The van der Waals surface area contributed by atoms with E-state index >= 15 is 0 Å². The van der Waals surface area contributed by atoms with Crippen LogP contribution in [0.3, 0.4) is 0 Å². The fraction of sp³-hybridized carbons (Fsp3) is 0.714. The van der Waals surface area contributed by atoms with Gasteiger partial charge in [0.2, 0.25) is 0 Å². The molecule has 1 atom stereocenters. The number of nitrogens with zero attached hydrogens (tertiary/aromatic N) is 1. The molecule has 0 saturated carbocycles. The lowest BCUT2D eigenvalue weighted by atomic mass is 10.1. The highest BCUT2D eigenvalue weighted by Crippen LogP contribution is 2.13. The van der Waals surface area contributed by atoms with Crippen LogP contribution in [0.5, 0.6) is 0 Å². The van der Waals surface area contributed by atoms with Crippen molar-refractivity contribution in [1.29, 1.82) is 0 Å². The number of carbonyl (C=O) groups is 1. The highest BCUT2D eigenvalue weighted by Gasteiger charge is 2.23. The molecular weight excluding hydrogens is 178 g/mol. The van der Waals surface area contributed by atoms with Crippen LogP contribution in [-0.4, -0.2) is 40.8 Å². The van der Waals surface area contributed by atoms with Crippen molar-refractivity contribution >= 4 is 23.4 Å². The van der Waals surface area contributed by atoms with Crippen LogP contribution in [0, 0.1) is 0 Å². The second-order valence-corrected chi connectivity index (χ2v) is 3.16. The third-order valence-electron chi connectivity index (χ3n) is 1.77. The Morgan fingerprint density at radius 3 is 3.08 bits per heavy atom. The Kier molecular flexibility index (Phi) is 2.86. The minimum atomic E-state index is -0.840. The van der Waals surface area contributed by atoms with Crippen LogP contribution >= 0.6 is 12.2 Å². The van der Waals surface area contributed by atoms with Gasteiger partial charge in [0.15, 0.2) is 0 Å². The number of carboxylic acid groups (broad SMARTS) is 1. The van der Waals surface area contributed by atoms with Crippen LogP contribution < -0.4 is 0 Å². The maximum Gasteiger partial charge on any atom is 0.307 e. The Morgan fingerprint density at radius 2 is 2.58 bits per heavy atom. The Bertz CT molecular complexity index is 207. The van der Waals surface area contributed by atoms with Crippen molar-refractivity contribution in [2.24, 2.45) is 0 Å². The summed E-state index contributed by atoms with van der Waals surface area (Å²) in [6, 6.07) is 0. The maximum absolute atomic E-state index is 10.3. The van der Waals surface area contributed by atoms with Gasteiger partial charge in [-0.1, -0.05) is 0 Å². The lowest BCUT2D eigenvalue weighted by molar-refractivity contribution is -0.139. The van der Waals surface area contributed by atoms with Crippen LogP contribution in [0.15, 0.2) is 0 Å². The third kappa shape index (κ3) is 2.34. The quantitative estimate of drug-likeness (QED) is 0.640. The van der Waals surface area contributed by atoms with Gasteiger partial charge < -0.3 is 14.7 Å². The highest BCUT2D eigenvalue weighted by molar-refractivity contribution is 7.80. The summed E-state index contributed by atoms with van der Waals surface area (Å²) >= 11 is 4.87. The molecule has 0 radical (unpaired) electrons. The van der Waals surface area contributed by atoms with Crippen molar-refractivity contribution in [1.82, 2.24) is 4.90 Å². The second-order valence-electron chi connectivity index (χ2n) is 2.81. The summed E-state index contributed by atoms with van der Waals surface area (Å²) in [5, 5.41) is 8.88. The maximum atomic E-state index is 10.3. The molecular formula is C7H11NO3S. The van der Waals surface area contributed by atoms with Gasteiger partial charge in [0, 0.05) is 20.0 Å². The summed E-state index contributed by atoms with van der Waals surface area (Å²) in [6.07, 6.45) is 0.517. The first-order valence-electron chi connectivity index (χ1n) is 3.73. The van der Waals surface area contributed by atoms with Crippen LogP contribution in [-0.2, 0) is 9.53 Å². The predicted octanol–water partition coefficient (Wildman–Crippen LogP) is 0.467. The molecule has 0 amide bonds. The fourth-order valence-electron chi connectivity index (χ4n) is 1.06. The van der Waals surface area contributed by atoms with Gasteiger partial charge in [-0.2, -0.15) is 0 Å². The van der Waals surface area contributed by atoms with Crippen LogP contribution in [0.2, 0.25) is 0 Å². The zero-order chi connectivity index (χ0) is 9.14. The molecule has 0 bridgehead atoms. The van der Waals surface area contributed by atoms with E-state index in [-0.39, 0.29) is 12.5 Å². The van der Waals surface area contributed by atoms with Crippen molar-refractivity contribution in [2.45, 2.75) is 18.9 Å². The Balaban J connectivity index is 2.40. The van der Waals surface area contributed by atoms with Gasteiger partial charge in [-0.3, -0.25) is 4.79 Å². The SMILES string of the molecule is CN1CCC(CC(=O)O)OC1=S. The van der Waals surface area contributed by atoms with Crippen molar-refractivity contribution < 1.29 is 14.6 Å². The van der Waals surface area contributed by atoms with Gasteiger partial charge in [0.1, 0.15) is 6.10 Å². The van der Waals surface area contributed by atoms with Crippen molar-refractivity contribution in [3.63, 3.8) is 0 Å². The standard InChI is InChI=1S/C7H11NO3S/c1-8-3-2-5(4-6(9)10)11-7(8)12/h5H,2-4H2,1H3,(H,9,10). The Morgan fingerprint density at radius 1 is 1.92 bits per heavy atom. The first-order chi connectivity index (χ1) is 5.59. The minimum Gasteiger partial charge on any atom is -0.481 e. The fourth-order valence-corrected chi connectivity index (χ4v) is 1.29. The zero-order valence-electron chi connectivity index (χ0n) is 6.82. The van der Waals surface area contributed by atoms with E-state index in [0.29, 0.717) is 5.17 Å². The van der Waals surface area contributed by atoms with Gasteiger partial charge in [0.25, 0.3) is 5.17 Å². The van der Waals surface area contributed by atoms with E-state index in [4.69, 9.17) is 22.1 Å². The summed E-state index contributed by atoms with van der Waals surface area (Å²) in [7, 11) is 1.83. The topological polar surface area (TPSA) is 49.8 Å². The van der Waals surface area contributed by atoms with Gasteiger partial charge in [-0.25, -0.2) is 0 Å². The second kappa shape index (κ2) is 3.71. The van der Waals surface area contributed by atoms with Gasteiger partial charge in [-0.15, -0.1) is 0 Å². The average Bonchev–Trinajstić information content (AvgIpc) is 1.96. The van der Waals surface area contributed by atoms with Crippen LogP contribution in [0.25, 0.3) is 0 Å². The first kappa shape index (κ1) is 9.25. The summed E-state index contributed by atoms with van der Waals surface area (Å²) in [4.78, 5) is 12.1. The molecule has 68 valence electrons. The van der Waals surface area contributed by atoms with E-state index < -0.39 is 5.97 Å². The summed E-state index contributed by atoms with van der Waals surface area (Å²) in [5.74, 6) is -0.840. The number of thiocarbonyl (C=S) groups is 1. The number of hydrogen-bond acceptors (Lipinski definition) is 3. The smallest absolute Gasteiger partial charge is 0.307 e. The molecule has 1 N–H and O–H groups in total. The summed E-state index contributed by atoms with van der Waals surface area (Å²) in [6.45, 7) is 0.775. The van der Waals surface area contributed by atoms with E-state index in [2.05, 4.69) is 0 Å². The Labute approximate surface area is 76.1 Å². The van der Waals surface area contributed by atoms with E-state index in [1.165, 1.54) is 0 Å². The molecule has 1 unspecified atom stereocenters. The van der Waals surface area contributed by atoms with Crippen LogP contribution in [0.1, 0.15) is 12.8 Å². The largest absolute Gasteiger partial charge is 0.481 e. The molecule has 0 spiro atoms. The zero-order valence-corrected chi connectivity index (χ0v) is 7.63. The van der Waals surface area contributed by atoms with E-state index in [1.807, 2.05) is 7.05 Å². The summed E-state index contributed by atoms with van der Waals surface area (Å²) < 4.78 is 5.19. The molecule has 5 heteroatoms. The van der Waals surface area contributed by atoms with E-state index in [9.17, 15) is 4.79 Å². The number of carboxylic acids is 1. The van der Waals surface area contributed by atoms with Gasteiger partial charge >= 0.3 is 5.97 Å². The molecule has 1 saturated heterocycles. The van der Waals surface area contributed by atoms with Gasteiger partial charge in [0.05, 0.1) is 6.42 Å². The molecule has 0 aromatic carbocycles. The normalized spacial score (nSPS) is 23.6. The molecule has 1 fully saturated rings. The monoisotopic (exact) mass is 189 g/mol. The molecule has 4 nitrogen and oxygen atoms in total. The first-order valence-corrected chi connectivity index (χ1v) is 4.14. The van der Waals surface area contributed by atoms with Crippen molar-refractivity contribution in [3.8, 4) is 0 Å². The van der Waals surface area contributed by atoms with E-state index in [1.54, 1.807) is 4.90 Å². The van der Waals surface area contributed by atoms with E-state index in [0.717, 1.165) is 13.0 Å². The third-order valence-corrected chi connectivity index (χ3v) is 2.18. The number of aliphatic carboxylic acids is 1. The molecule has 1 rings (SSSR count). The molecule has 0 aliphatic carbocycles. The molecule has 12 heavy (non-hydrogen) atoms. The van der Waals surface area contributed by atoms with Crippen LogP contribution in [0.4, 0.5) is 0 Å². The number of rotatable bonds is 2. The molecule has 0 aromatic heterocycles. The van der Waals surface area contributed by atoms with Crippen molar-refractivity contribution in [2.75, 3.05) is 13.6 Å². The molecule has 1 aliphatic heterocycles.